The van der Waals surface area contributed by atoms with E-state index in [2.05, 4.69) is 48.5 Å². The summed E-state index contributed by atoms with van der Waals surface area (Å²) in [7, 11) is 0. The van der Waals surface area contributed by atoms with Gasteiger partial charge in [0.15, 0.2) is 0 Å². The van der Waals surface area contributed by atoms with Crippen molar-refractivity contribution in [1.29, 1.82) is 0 Å². The summed E-state index contributed by atoms with van der Waals surface area (Å²) in [4.78, 5) is 0. The molecule has 0 bridgehead atoms. The lowest BCUT2D eigenvalue weighted by Crippen LogP contribution is -1.84. The summed E-state index contributed by atoms with van der Waals surface area (Å²) >= 11 is 55.9. The zero-order valence-corrected chi connectivity index (χ0v) is 27.8. The second-order valence-corrected chi connectivity index (χ2v) is 14.3. The first-order valence-electron chi connectivity index (χ1n) is 13.6. The van der Waals surface area contributed by atoms with Crippen LogP contribution in [0, 0.1) is 0 Å². The average Bonchev–Trinajstić information content (AvgIpc) is 3.66. The summed E-state index contributed by atoms with van der Waals surface area (Å²) in [6.45, 7) is 0. The predicted octanol–water partition coefficient (Wildman–Crippen LogP) is 15.6. The van der Waals surface area contributed by atoms with Crippen LogP contribution in [0.25, 0.3) is 97.0 Å². The molecule has 0 spiro atoms. The molecule has 0 saturated carbocycles. The summed E-state index contributed by atoms with van der Waals surface area (Å²) in [5.74, 6) is 0. The van der Waals surface area contributed by atoms with Gasteiger partial charge in [-0.2, -0.15) is 0 Å². The number of rotatable bonds is 0. The van der Waals surface area contributed by atoms with Gasteiger partial charge < -0.3 is 0 Å². The van der Waals surface area contributed by atoms with Crippen LogP contribution in [0.5, 0.6) is 0 Å². The highest BCUT2D eigenvalue weighted by atomic mass is 35.5. The third kappa shape index (κ3) is 2.87. The summed E-state index contributed by atoms with van der Waals surface area (Å²) in [5, 5.41) is 19.5. The Kier molecular flexibility index (Phi) is 5.31. The van der Waals surface area contributed by atoms with Gasteiger partial charge in [0.25, 0.3) is 0 Å². The maximum atomic E-state index is 7.19. The van der Waals surface area contributed by atoms with Crippen molar-refractivity contribution in [3.8, 4) is 0 Å². The van der Waals surface area contributed by atoms with E-state index in [0.29, 0.717) is 25.5 Å². The van der Waals surface area contributed by atoms with Crippen molar-refractivity contribution < 1.29 is 0 Å². The first-order chi connectivity index (χ1) is 21.2. The van der Waals surface area contributed by atoms with Crippen molar-refractivity contribution in [2.45, 2.75) is 0 Å². The Balaban J connectivity index is 1.76. The minimum atomic E-state index is 0.198. The zero-order chi connectivity index (χ0) is 30.1. The molecule has 0 saturated heterocycles. The molecule has 0 aliphatic rings. The van der Waals surface area contributed by atoms with E-state index in [1.54, 1.807) is 0 Å². The van der Waals surface area contributed by atoms with Crippen molar-refractivity contribution in [2.75, 3.05) is 0 Å². The highest BCUT2D eigenvalue weighted by Crippen LogP contribution is 2.61. The number of halogens is 8. The Labute approximate surface area is 288 Å². The lowest BCUT2D eigenvalue weighted by Gasteiger charge is -2.12. The Morgan fingerprint density at radius 1 is 0.273 bits per heavy atom. The van der Waals surface area contributed by atoms with Crippen LogP contribution in [-0.4, -0.2) is 0 Å². The maximum Gasteiger partial charge on any atom is 0.0791 e. The van der Waals surface area contributed by atoms with Crippen molar-refractivity contribution >= 4 is 190 Å². The second kappa shape index (κ2) is 8.71. The van der Waals surface area contributed by atoms with Gasteiger partial charge in [-0.25, -0.2) is 0 Å². The molecule has 10 rings (SSSR count). The molecule has 0 unspecified atom stereocenters. The van der Waals surface area contributed by atoms with E-state index < -0.39 is 0 Å². The predicted molar refractivity (Wildman–Crippen MR) is 198 cm³/mol. The fraction of sp³-hybridized carbons (Fsp3) is 0. The molecule has 10 aromatic carbocycles. The van der Waals surface area contributed by atoms with E-state index in [9.17, 15) is 0 Å². The van der Waals surface area contributed by atoms with E-state index in [1.165, 1.54) is 0 Å². The van der Waals surface area contributed by atoms with E-state index in [-0.39, 0.29) is 20.1 Å². The number of hydrogen-bond acceptors (Lipinski definition) is 0. The molecule has 0 radical (unpaired) electrons. The Morgan fingerprint density at radius 2 is 0.659 bits per heavy atom. The van der Waals surface area contributed by atoms with Crippen LogP contribution in [0.1, 0.15) is 0 Å². The zero-order valence-electron chi connectivity index (χ0n) is 21.8. The second-order valence-electron chi connectivity index (χ2n) is 11.3. The molecule has 44 heavy (non-hydrogen) atoms. The first-order valence-corrected chi connectivity index (χ1v) is 16.6. The molecular formula is C36H10Cl8. The molecule has 0 aliphatic heterocycles. The van der Waals surface area contributed by atoms with E-state index >= 15 is 0 Å². The number of fused-ring (bicyclic) bond motifs is 12. The van der Waals surface area contributed by atoms with Gasteiger partial charge in [0.1, 0.15) is 0 Å². The Bertz CT molecular complexity index is 2950. The van der Waals surface area contributed by atoms with Crippen LogP contribution in [0.15, 0.2) is 60.7 Å². The Morgan fingerprint density at radius 3 is 1.20 bits per heavy atom. The molecule has 0 N–H and O–H groups in total. The molecule has 0 aliphatic carbocycles. The third-order valence-electron chi connectivity index (χ3n) is 9.42. The van der Waals surface area contributed by atoms with Crippen LogP contribution in [-0.2, 0) is 0 Å². The molecule has 210 valence electrons. The maximum absolute atomic E-state index is 7.19. The van der Waals surface area contributed by atoms with E-state index in [0.717, 1.165) is 91.6 Å². The standard InChI is InChI=1S/C36H10Cl8/c37-16-10-12-6-3-9-15-18(12)26(30(16)38)22-19-13-7-1-4-11-5-2-8-14(17(11)13)20(19)23-24(21(15)22)28-25-27(23)31(39)35(43)33(41)29(25)34(42)36(44)32(28)40/h1-10H. The first kappa shape index (κ1) is 26.8. The van der Waals surface area contributed by atoms with Gasteiger partial charge in [0.05, 0.1) is 40.2 Å². The molecule has 0 fully saturated rings. The highest BCUT2D eigenvalue weighted by molar-refractivity contribution is 6.66. The van der Waals surface area contributed by atoms with Gasteiger partial charge in [-0.05, 0) is 59.9 Å². The monoisotopic (exact) mass is 722 g/mol. The SMILES string of the molecule is Clc1cc2cccc3c2c(c1Cl)c1c2c4cccc5cccc(c54)c2c2c4c(Cl)c(Cl)c(Cl)c5c(Cl)c(Cl)c(Cl)c(c54)c2c31. The molecular weight excluding hydrogens is 716 g/mol. The molecule has 0 nitrogen and oxygen atoms in total. The van der Waals surface area contributed by atoms with Crippen LogP contribution >= 0.6 is 92.8 Å². The fourth-order valence-electron chi connectivity index (χ4n) is 7.92. The summed E-state index contributed by atoms with van der Waals surface area (Å²) < 4.78 is 0. The average molecular weight is 726 g/mol. The van der Waals surface area contributed by atoms with Crippen molar-refractivity contribution in [3.63, 3.8) is 0 Å². The van der Waals surface area contributed by atoms with Gasteiger partial charge in [0.2, 0.25) is 0 Å². The van der Waals surface area contributed by atoms with E-state index in [4.69, 9.17) is 92.8 Å². The van der Waals surface area contributed by atoms with Crippen LogP contribution in [0.3, 0.4) is 0 Å². The van der Waals surface area contributed by atoms with Crippen molar-refractivity contribution in [3.05, 3.63) is 101 Å². The van der Waals surface area contributed by atoms with Crippen LogP contribution < -0.4 is 0 Å². The van der Waals surface area contributed by atoms with Crippen LogP contribution in [0.4, 0.5) is 0 Å². The van der Waals surface area contributed by atoms with Gasteiger partial charge >= 0.3 is 0 Å². The van der Waals surface area contributed by atoms with E-state index in [1.807, 2.05) is 12.1 Å². The fourth-order valence-corrected chi connectivity index (χ4v) is 10.0. The summed E-state index contributed by atoms with van der Waals surface area (Å²) in [5.41, 5.74) is 0. The normalized spacial score (nSPS) is 13.0. The van der Waals surface area contributed by atoms with Crippen LogP contribution in [0.2, 0.25) is 40.2 Å². The quantitative estimate of drug-likeness (QED) is 0.137. The largest absolute Gasteiger partial charge is 0.0827 e. The van der Waals surface area contributed by atoms with Crippen molar-refractivity contribution in [1.82, 2.24) is 0 Å². The summed E-state index contributed by atoms with van der Waals surface area (Å²) in [6.07, 6.45) is 0. The molecule has 0 atom stereocenters. The van der Waals surface area contributed by atoms with Gasteiger partial charge in [-0.15, -0.1) is 0 Å². The lowest BCUT2D eigenvalue weighted by molar-refractivity contribution is 1.82. The van der Waals surface area contributed by atoms with Gasteiger partial charge in [-0.1, -0.05) is 147 Å². The smallest absolute Gasteiger partial charge is 0.0791 e. The molecule has 10 aromatic rings. The Hall–Kier alpha value is -2.36. The minimum Gasteiger partial charge on any atom is -0.0827 e. The summed E-state index contributed by atoms with van der Waals surface area (Å²) in [6, 6.07) is 20.9. The minimum absolute atomic E-state index is 0.198. The molecule has 8 heteroatoms. The molecule has 0 aromatic heterocycles. The number of benzene rings is 7. The third-order valence-corrected chi connectivity index (χ3v) is 12.9. The lowest BCUT2D eigenvalue weighted by atomic mass is 9.97. The highest BCUT2D eigenvalue weighted by Gasteiger charge is 2.32. The topological polar surface area (TPSA) is 0 Å². The molecule has 0 amide bonds. The number of hydrogen-bond donors (Lipinski definition) is 0. The molecule has 0 heterocycles. The van der Waals surface area contributed by atoms with Gasteiger partial charge in [-0.3, -0.25) is 0 Å². The van der Waals surface area contributed by atoms with Gasteiger partial charge in [0, 0.05) is 43.1 Å². The van der Waals surface area contributed by atoms with Crippen molar-refractivity contribution in [2.24, 2.45) is 0 Å².